The van der Waals surface area contributed by atoms with E-state index in [2.05, 4.69) is 15.6 Å². The second-order valence-corrected chi connectivity index (χ2v) is 6.23. The Morgan fingerprint density at radius 2 is 1.89 bits per heavy atom. The van der Waals surface area contributed by atoms with Crippen molar-refractivity contribution in [1.29, 1.82) is 0 Å². The van der Waals surface area contributed by atoms with Crippen LogP contribution >= 0.6 is 11.6 Å². The normalized spacial score (nSPS) is 11.4. The van der Waals surface area contributed by atoms with Crippen LogP contribution in [-0.2, 0) is 12.7 Å². The topological polar surface area (TPSA) is 59.8 Å². The Morgan fingerprint density at radius 1 is 1.19 bits per heavy atom. The molecule has 1 amide bonds. The smallest absolute Gasteiger partial charge is 0.347 e. The molecule has 0 aliphatic heterocycles. The number of nitrogens with one attached hydrogen (secondary N) is 1. The van der Waals surface area contributed by atoms with Gasteiger partial charge in [-0.15, -0.1) is 5.10 Å². The maximum Gasteiger partial charge on any atom is 0.416 e. The van der Waals surface area contributed by atoms with Crippen LogP contribution in [-0.4, -0.2) is 20.9 Å². The van der Waals surface area contributed by atoms with Crippen LogP contribution in [0.5, 0.6) is 0 Å². The van der Waals surface area contributed by atoms with Gasteiger partial charge in [0, 0.05) is 11.6 Å². The molecule has 0 atom stereocenters. The number of nitrogens with zero attached hydrogens (tertiary/aromatic N) is 3. The van der Waals surface area contributed by atoms with E-state index < -0.39 is 17.6 Å². The molecule has 3 aromatic rings. The highest BCUT2D eigenvalue weighted by Crippen LogP contribution is 2.29. The molecule has 9 heteroatoms. The third kappa shape index (κ3) is 4.28. The zero-order chi connectivity index (χ0) is 19.6. The van der Waals surface area contributed by atoms with Crippen molar-refractivity contribution in [2.75, 3.05) is 0 Å². The molecule has 0 bridgehead atoms. The highest BCUT2D eigenvalue weighted by Gasteiger charge is 2.30. The van der Waals surface area contributed by atoms with E-state index in [4.69, 9.17) is 11.6 Å². The van der Waals surface area contributed by atoms with Gasteiger partial charge >= 0.3 is 6.18 Å². The SMILES string of the molecule is Cc1c(C(=O)NCc2cccc(C(F)(F)F)c2)nnn1-c1ccc(Cl)cc1. The molecule has 2 aromatic carbocycles. The van der Waals surface area contributed by atoms with Gasteiger partial charge in [0.2, 0.25) is 0 Å². The molecule has 3 rings (SSSR count). The lowest BCUT2D eigenvalue weighted by molar-refractivity contribution is -0.137. The second kappa shape index (κ2) is 7.40. The number of aromatic nitrogens is 3. The van der Waals surface area contributed by atoms with Crippen molar-refractivity contribution in [3.8, 4) is 5.69 Å². The zero-order valence-electron chi connectivity index (χ0n) is 14.1. The third-order valence-corrected chi connectivity index (χ3v) is 4.14. The summed E-state index contributed by atoms with van der Waals surface area (Å²) in [5.74, 6) is -0.523. The highest BCUT2D eigenvalue weighted by atomic mass is 35.5. The highest BCUT2D eigenvalue weighted by molar-refractivity contribution is 6.30. The van der Waals surface area contributed by atoms with Crippen molar-refractivity contribution in [3.63, 3.8) is 0 Å². The molecule has 1 aromatic heterocycles. The van der Waals surface area contributed by atoms with Crippen LogP contribution in [0.2, 0.25) is 5.02 Å². The van der Waals surface area contributed by atoms with E-state index in [0.29, 0.717) is 22.0 Å². The summed E-state index contributed by atoms with van der Waals surface area (Å²) < 4.78 is 39.8. The van der Waals surface area contributed by atoms with Crippen LogP contribution in [0.3, 0.4) is 0 Å². The number of hydrogen-bond donors (Lipinski definition) is 1. The second-order valence-electron chi connectivity index (χ2n) is 5.79. The molecule has 27 heavy (non-hydrogen) atoms. The van der Waals surface area contributed by atoms with E-state index in [1.807, 2.05) is 0 Å². The number of alkyl halides is 3. The molecule has 0 radical (unpaired) electrons. The Bertz CT molecular complexity index is 967. The Hall–Kier alpha value is -2.87. The summed E-state index contributed by atoms with van der Waals surface area (Å²) in [5, 5.41) is 11.0. The van der Waals surface area contributed by atoms with E-state index in [0.717, 1.165) is 12.1 Å². The third-order valence-electron chi connectivity index (χ3n) is 3.89. The maximum atomic E-state index is 12.8. The van der Waals surface area contributed by atoms with Crippen molar-refractivity contribution in [2.24, 2.45) is 0 Å². The molecule has 0 spiro atoms. The van der Waals surface area contributed by atoms with Crippen molar-refractivity contribution < 1.29 is 18.0 Å². The van der Waals surface area contributed by atoms with Crippen molar-refractivity contribution in [3.05, 3.63) is 76.1 Å². The predicted molar refractivity (Wildman–Crippen MR) is 93.7 cm³/mol. The first-order chi connectivity index (χ1) is 12.8. The molecule has 0 unspecified atom stereocenters. The number of carbonyl (C=O) groups is 1. The van der Waals surface area contributed by atoms with Gasteiger partial charge in [-0.2, -0.15) is 13.2 Å². The Morgan fingerprint density at radius 3 is 2.56 bits per heavy atom. The monoisotopic (exact) mass is 394 g/mol. The molecule has 0 fully saturated rings. The molecule has 0 saturated carbocycles. The maximum absolute atomic E-state index is 12.8. The summed E-state index contributed by atoms with van der Waals surface area (Å²) in [6, 6.07) is 11.6. The average molecular weight is 395 g/mol. The van der Waals surface area contributed by atoms with Crippen LogP contribution < -0.4 is 5.32 Å². The number of benzene rings is 2. The summed E-state index contributed by atoms with van der Waals surface area (Å²) in [7, 11) is 0. The molecule has 0 saturated heterocycles. The predicted octanol–water partition coefficient (Wildman–Crippen LogP) is 4.18. The minimum Gasteiger partial charge on any atom is -0.347 e. The van der Waals surface area contributed by atoms with Gasteiger partial charge in [-0.05, 0) is 48.9 Å². The van der Waals surface area contributed by atoms with Crippen molar-refractivity contribution in [2.45, 2.75) is 19.6 Å². The summed E-state index contributed by atoms with van der Waals surface area (Å²) in [6.45, 7) is 1.61. The number of hydrogen-bond acceptors (Lipinski definition) is 3. The fourth-order valence-corrected chi connectivity index (χ4v) is 2.62. The number of carbonyl (C=O) groups excluding carboxylic acids is 1. The number of rotatable bonds is 4. The van der Waals surface area contributed by atoms with Crippen LogP contribution in [0.15, 0.2) is 48.5 Å². The Labute approximate surface area is 157 Å². The summed E-state index contributed by atoms with van der Waals surface area (Å²) in [5.41, 5.74) is 0.845. The lowest BCUT2D eigenvalue weighted by atomic mass is 10.1. The number of halogens is 4. The van der Waals surface area contributed by atoms with Gasteiger partial charge in [-0.25, -0.2) is 4.68 Å². The molecular weight excluding hydrogens is 381 g/mol. The van der Waals surface area contributed by atoms with Crippen LogP contribution in [0.4, 0.5) is 13.2 Å². The van der Waals surface area contributed by atoms with Gasteiger partial charge < -0.3 is 5.32 Å². The van der Waals surface area contributed by atoms with Crippen molar-refractivity contribution in [1.82, 2.24) is 20.3 Å². The zero-order valence-corrected chi connectivity index (χ0v) is 14.8. The quantitative estimate of drug-likeness (QED) is 0.722. The molecule has 1 N–H and O–H groups in total. The first-order valence-corrected chi connectivity index (χ1v) is 8.26. The first-order valence-electron chi connectivity index (χ1n) is 7.88. The minimum absolute atomic E-state index is 0.0595. The van der Waals surface area contributed by atoms with E-state index >= 15 is 0 Å². The molecule has 140 valence electrons. The summed E-state index contributed by atoms with van der Waals surface area (Å²) in [6.07, 6.45) is -4.43. The van der Waals surface area contributed by atoms with E-state index in [9.17, 15) is 18.0 Å². The van der Waals surface area contributed by atoms with Gasteiger partial charge in [0.25, 0.3) is 5.91 Å². The fourth-order valence-electron chi connectivity index (χ4n) is 2.49. The molecular formula is C18H14ClF3N4O. The van der Waals surface area contributed by atoms with Gasteiger partial charge in [-0.1, -0.05) is 28.9 Å². The molecule has 5 nitrogen and oxygen atoms in total. The van der Waals surface area contributed by atoms with E-state index in [1.54, 1.807) is 31.2 Å². The molecule has 1 heterocycles. The van der Waals surface area contributed by atoms with E-state index in [-0.39, 0.29) is 12.2 Å². The van der Waals surface area contributed by atoms with E-state index in [1.165, 1.54) is 16.8 Å². The molecule has 0 aliphatic rings. The lowest BCUT2D eigenvalue weighted by Crippen LogP contribution is -2.24. The molecule has 0 aliphatic carbocycles. The van der Waals surface area contributed by atoms with Crippen LogP contribution in [0.25, 0.3) is 5.69 Å². The standard InChI is InChI=1S/C18H14ClF3N4O/c1-11-16(24-25-26(11)15-7-5-14(19)6-8-15)17(27)23-10-12-3-2-4-13(9-12)18(20,21)22/h2-9H,10H2,1H3,(H,23,27). The fraction of sp³-hybridized carbons (Fsp3) is 0.167. The summed E-state index contributed by atoms with van der Waals surface area (Å²) >= 11 is 5.85. The van der Waals surface area contributed by atoms with Gasteiger partial charge in [0.15, 0.2) is 5.69 Å². The van der Waals surface area contributed by atoms with Gasteiger partial charge in [0.05, 0.1) is 16.9 Å². The summed E-state index contributed by atoms with van der Waals surface area (Å²) in [4.78, 5) is 12.3. The van der Waals surface area contributed by atoms with Crippen LogP contribution in [0.1, 0.15) is 27.3 Å². The van der Waals surface area contributed by atoms with Gasteiger partial charge in [0.1, 0.15) is 0 Å². The first kappa shape index (κ1) is 18.9. The Kier molecular flexibility index (Phi) is 5.18. The van der Waals surface area contributed by atoms with Gasteiger partial charge in [-0.3, -0.25) is 4.79 Å². The Balaban J connectivity index is 1.73. The number of amides is 1. The average Bonchev–Trinajstić information content (AvgIpc) is 3.01. The van der Waals surface area contributed by atoms with Crippen molar-refractivity contribution >= 4 is 17.5 Å². The largest absolute Gasteiger partial charge is 0.416 e. The minimum atomic E-state index is -4.43. The lowest BCUT2D eigenvalue weighted by Gasteiger charge is -2.09. The van der Waals surface area contributed by atoms with Crippen LogP contribution in [0, 0.1) is 6.92 Å².